The van der Waals surface area contributed by atoms with E-state index in [1.807, 2.05) is 39.8 Å². The molecule has 0 aromatic carbocycles. The Morgan fingerprint density at radius 1 is 1.03 bits per heavy atom. The number of hydrogen-bond acceptors (Lipinski definition) is 5. The second-order valence-corrected chi connectivity index (χ2v) is 10.8. The third kappa shape index (κ3) is 4.00. The maximum atomic E-state index is 14.5. The maximum absolute atomic E-state index is 14.5. The van der Waals surface area contributed by atoms with Gasteiger partial charge in [0.1, 0.15) is 5.76 Å². The largest absolute Gasteiger partial charge is 0.430 e. The lowest BCUT2D eigenvalue weighted by molar-refractivity contribution is -0.168. The van der Waals surface area contributed by atoms with Gasteiger partial charge in [-0.25, -0.2) is 0 Å². The molecule has 0 amide bonds. The first-order valence-corrected chi connectivity index (χ1v) is 11.6. The quantitative estimate of drug-likeness (QED) is 0.274. The molecule has 5 heteroatoms. The average molecular weight is 455 g/mol. The Morgan fingerprint density at radius 3 is 2.03 bits per heavy atom. The van der Waals surface area contributed by atoms with Crippen molar-refractivity contribution in [3.8, 4) is 0 Å². The fraction of sp³-hybridized carbons (Fsp3) is 0.571. The number of hydrogen-bond donors (Lipinski definition) is 0. The zero-order valence-corrected chi connectivity index (χ0v) is 21.6. The van der Waals surface area contributed by atoms with Gasteiger partial charge >= 0.3 is 5.97 Å². The minimum atomic E-state index is -1.90. The highest BCUT2D eigenvalue weighted by atomic mass is 16.5. The molecule has 2 rings (SSSR count). The van der Waals surface area contributed by atoms with Crippen molar-refractivity contribution in [3.63, 3.8) is 0 Å². The standard InChI is InChI=1S/C28H38O5/c1-16(2)11-12-21-23(31)28(22(30)18(5)6)25(32)27(14-13-17(3)4,24(21)33-20(8)29)15-19(7)26(28,9)10/h11,13,18H,7,12,14-15H2,1-6,8-10H3/t27-,28+/m0/s1. The van der Waals surface area contributed by atoms with Crippen LogP contribution in [0.1, 0.15) is 81.6 Å². The van der Waals surface area contributed by atoms with Crippen LogP contribution in [0.3, 0.4) is 0 Å². The van der Waals surface area contributed by atoms with Crippen LogP contribution in [0.2, 0.25) is 0 Å². The molecule has 2 bridgehead atoms. The Hall–Kier alpha value is -2.56. The molecule has 0 radical (unpaired) electrons. The minimum Gasteiger partial charge on any atom is -0.430 e. The van der Waals surface area contributed by atoms with E-state index in [1.165, 1.54) is 6.92 Å². The summed E-state index contributed by atoms with van der Waals surface area (Å²) in [6.07, 6.45) is 4.40. The van der Waals surface area contributed by atoms with E-state index in [1.54, 1.807) is 27.7 Å². The number of carbonyl (C=O) groups excluding carboxylic acids is 4. The molecular formula is C28H38O5. The van der Waals surface area contributed by atoms with Crippen LogP contribution >= 0.6 is 0 Å². The predicted octanol–water partition coefficient (Wildman–Crippen LogP) is 5.85. The van der Waals surface area contributed by atoms with Crippen LogP contribution in [0.4, 0.5) is 0 Å². The van der Waals surface area contributed by atoms with Crippen LogP contribution in [0.5, 0.6) is 0 Å². The molecule has 180 valence electrons. The van der Waals surface area contributed by atoms with Crippen molar-refractivity contribution in [3.05, 3.63) is 46.8 Å². The highest BCUT2D eigenvalue weighted by Gasteiger charge is 2.74. The van der Waals surface area contributed by atoms with E-state index in [0.29, 0.717) is 5.57 Å². The molecule has 0 heterocycles. The molecule has 0 N–H and O–H groups in total. The molecule has 2 aliphatic carbocycles. The van der Waals surface area contributed by atoms with Gasteiger partial charge in [-0.1, -0.05) is 63.1 Å². The third-order valence-electron chi connectivity index (χ3n) is 7.15. The Balaban J connectivity index is 3.10. The molecule has 5 nitrogen and oxygen atoms in total. The number of allylic oxidation sites excluding steroid dienone is 7. The van der Waals surface area contributed by atoms with Gasteiger partial charge in [-0.3, -0.25) is 19.2 Å². The summed E-state index contributed by atoms with van der Waals surface area (Å²) in [5, 5.41) is 0. The zero-order valence-electron chi connectivity index (χ0n) is 21.6. The first kappa shape index (κ1) is 26.7. The fourth-order valence-electron chi connectivity index (χ4n) is 5.16. The van der Waals surface area contributed by atoms with Gasteiger partial charge in [0.25, 0.3) is 0 Å². The topological polar surface area (TPSA) is 77.5 Å². The van der Waals surface area contributed by atoms with Crippen molar-refractivity contribution in [1.29, 1.82) is 0 Å². The van der Waals surface area contributed by atoms with Crippen molar-refractivity contribution < 1.29 is 23.9 Å². The maximum Gasteiger partial charge on any atom is 0.307 e. The van der Waals surface area contributed by atoms with E-state index in [-0.39, 0.29) is 30.6 Å². The molecule has 0 aromatic rings. The van der Waals surface area contributed by atoms with Gasteiger partial charge in [-0.15, -0.1) is 0 Å². The molecule has 33 heavy (non-hydrogen) atoms. The summed E-state index contributed by atoms with van der Waals surface area (Å²) in [6.45, 7) is 20.1. The molecule has 0 aliphatic heterocycles. The van der Waals surface area contributed by atoms with Crippen molar-refractivity contribution in [1.82, 2.24) is 0 Å². The van der Waals surface area contributed by atoms with E-state index in [0.717, 1.165) is 11.1 Å². The SMILES string of the molecule is C=C1C[C@]2(CC=C(C)C)C(=O)[C@@](C(=O)C(C)C)(C(=O)C(CC=C(C)C)=C2OC(C)=O)C1(C)C. The minimum absolute atomic E-state index is 0.0869. The van der Waals surface area contributed by atoms with Crippen LogP contribution in [0.25, 0.3) is 0 Å². The van der Waals surface area contributed by atoms with Gasteiger partial charge in [0.15, 0.2) is 22.8 Å². The third-order valence-corrected chi connectivity index (χ3v) is 7.15. The number of Topliss-reactive ketones (excluding diaryl/α,β-unsaturated/α-hetero) is 3. The predicted molar refractivity (Wildman–Crippen MR) is 129 cm³/mol. The monoisotopic (exact) mass is 454 g/mol. The first-order valence-electron chi connectivity index (χ1n) is 11.6. The van der Waals surface area contributed by atoms with Gasteiger partial charge in [0.05, 0.1) is 5.41 Å². The fourth-order valence-corrected chi connectivity index (χ4v) is 5.16. The highest BCUT2D eigenvalue weighted by molar-refractivity contribution is 6.34. The van der Waals surface area contributed by atoms with Gasteiger partial charge in [-0.05, 0) is 47.0 Å². The van der Waals surface area contributed by atoms with Gasteiger partial charge in [-0.2, -0.15) is 0 Å². The van der Waals surface area contributed by atoms with Gasteiger partial charge < -0.3 is 4.74 Å². The van der Waals surface area contributed by atoms with E-state index in [2.05, 4.69) is 6.58 Å². The Labute approximate surface area is 198 Å². The van der Waals surface area contributed by atoms with Crippen molar-refractivity contribution >= 4 is 23.3 Å². The highest BCUT2D eigenvalue weighted by Crippen LogP contribution is 2.65. The van der Waals surface area contributed by atoms with Crippen LogP contribution in [-0.4, -0.2) is 23.3 Å². The Kier molecular flexibility index (Phi) is 7.28. The number of carbonyl (C=O) groups is 4. The summed E-state index contributed by atoms with van der Waals surface area (Å²) >= 11 is 0. The summed E-state index contributed by atoms with van der Waals surface area (Å²) in [4.78, 5) is 54.8. The second-order valence-electron chi connectivity index (χ2n) is 10.8. The lowest BCUT2D eigenvalue weighted by Crippen LogP contribution is -2.68. The summed E-state index contributed by atoms with van der Waals surface area (Å²) < 4.78 is 5.69. The lowest BCUT2D eigenvalue weighted by Gasteiger charge is -2.57. The second kappa shape index (κ2) is 9.00. The Bertz CT molecular complexity index is 1010. The van der Waals surface area contributed by atoms with E-state index in [9.17, 15) is 19.2 Å². The first-order chi connectivity index (χ1) is 15.1. The molecule has 0 aromatic heterocycles. The molecule has 0 unspecified atom stereocenters. The van der Waals surface area contributed by atoms with Crippen molar-refractivity contribution in [2.75, 3.05) is 0 Å². The van der Waals surface area contributed by atoms with Crippen molar-refractivity contribution in [2.24, 2.45) is 22.2 Å². The van der Waals surface area contributed by atoms with Crippen LogP contribution in [0.15, 0.2) is 46.8 Å². The van der Waals surface area contributed by atoms with E-state index < -0.39 is 45.5 Å². The Morgan fingerprint density at radius 2 is 1.58 bits per heavy atom. The normalized spacial score (nSPS) is 26.3. The summed E-state index contributed by atoms with van der Waals surface area (Å²) in [5.41, 5.74) is -1.47. The molecule has 2 aliphatic rings. The van der Waals surface area contributed by atoms with Crippen molar-refractivity contribution in [2.45, 2.75) is 81.6 Å². The average Bonchev–Trinajstić information content (AvgIpc) is 2.68. The summed E-state index contributed by atoms with van der Waals surface area (Å²) in [7, 11) is 0. The molecule has 0 saturated heterocycles. The molecule has 0 spiro atoms. The summed E-state index contributed by atoms with van der Waals surface area (Å²) in [5.74, 6) is -2.48. The molecule has 1 fully saturated rings. The van der Waals surface area contributed by atoms with Gasteiger partial charge in [0.2, 0.25) is 0 Å². The smallest absolute Gasteiger partial charge is 0.307 e. The number of rotatable bonds is 7. The molecule has 2 atom stereocenters. The van der Waals surface area contributed by atoms with Gasteiger partial charge in [0, 0.05) is 23.8 Å². The number of ketones is 3. The molecular weight excluding hydrogens is 416 g/mol. The number of ether oxygens (including phenoxy) is 1. The summed E-state index contributed by atoms with van der Waals surface area (Å²) in [6, 6.07) is 0. The lowest BCUT2D eigenvalue weighted by atomic mass is 9.41. The van der Waals surface area contributed by atoms with Crippen LogP contribution < -0.4 is 0 Å². The van der Waals surface area contributed by atoms with E-state index in [4.69, 9.17) is 4.74 Å². The zero-order chi connectivity index (χ0) is 25.5. The van der Waals surface area contributed by atoms with Crippen LogP contribution in [-0.2, 0) is 23.9 Å². The van der Waals surface area contributed by atoms with E-state index >= 15 is 0 Å². The van der Waals surface area contributed by atoms with Crippen LogP contribution in [0, 0.1) is 22.2 Å². The number of esters is 1. The molecule has 1 saturated carbocycles. The number of fused-ring (bicyclic) bond motifs is 2.